The van der Waals surface area contributed by atoms with Gasteiger partial charge in [-0.15, -0.1) is 0 Å². The number of Topliss-reactive ketones (excluding diaryl/α,β-unsaturated/α-hetero) is 1. The summed E-state index contributed by atoms with van der Waals surface area (Å²) >= 11 is 0. The molecular formula is C26H40N4O3. The summed E-state index contributed by atoms with van der Waals surface area (Å²) in [4.78, 5) is 43.8. The van der Waals surface area contributed by atoms with Gasteiger partial charge in [0.25, 0.3) is 0 Å². The van der Waals surface area contributed by atoms with Crippen molar-refractivity contribution in [3.05, 3.63) is 35.4 Å². The first kappa shape index (κ1) is 25.4. The number of hydrogen-bond acceptors (Lipinski definition) is 5. The molecule has 0 bridgehead atoms. The van der Waals surface area contributed by atoms with E-state index in [1.807, 2.05) is 20.0 Å². The predicted molar refractivity (Wildman–Crippen MR) is 130 cm³/mol. The lowest BCUT2D eigenvalue weighted by Gasteiger charge is -2.45. The van der Waals surface area contributed by atoms with Crippen LogP contribution in [0.15, 0.2) is 24.3 Å². The Bertz CT molecular complexity index is 841. The first-order valence-corrected chi connectivity index (χ1v) is 12.3. The van der Waals surface area contributed by atoms with Gasteiger partial charge in [-0.2, -0.15) is 0 Å². The van der Waals surface area contributed by atoms with E-state index < -0.39 is 0 Å². The average molecular weight is 457 g/mol. The van der Waals surface area contributed by atoms with Gasteiger partial charge in [-0.3, -0.25) is 14.5 Å². The Hall–Kier alpha value is -2.25. The van der Waals surface area contributed by atoms with Crippen molar-refractivity contribution in [1.82, 2.24) is 20.0 Å². The minimum Gasteiger partial charge on any atom is -0.337 e. The van der Waals surface area contributed by atoms with E-state index in [1.54, 1.807) is 0 Å². The number of nitrogens with zero attached hydrogens (tertiary/aromatic N) is 3. The van der Waals surface area contributed by atoms with Crippen LogP contribution in [0, 0.1) is 11.8 Å². The number of carbonyl (C=O) groups excluding carboxylic acids is 3. The summed E-state index contributed by atoms with van der Waals surface area (Å²) in [6.45, 7) is 4.30. The SMILES string of the molecule is CCN(C(=O)NCCc1ccccc1CCN(C)C)C(=O)[C@@H]1C[C@@H]2CC(=O)CC[C@H]2N(C)C1. The summed E-state index contributed by atoms with van der Waals surface area (Å²) < 4.78 is 0. The fourth-order valence-corrected chi connectivity index (χ4v) is 5.41. The molecule has 1 aliphatic heterocycles. The van der Waals surface area contributed by atoms with Gasteiger partial charge in [0.1, 0.15) is 5.78 Å². The van der Waals surface area contributed by atoms with E-state index in [1.165, 1.54) is 16.0 Å². The molecule has 0 aromatic heterocycles. The molecule has 33 heavy (non-hydrogen) atoms. The van der Waals surface area contributed by atoms with Crippen LogP contribution in [0.5, 0.6) is 0 Å². The predicted octanol–water partition coefficient (Wildman–Crippen LogP) is 2.58. The smallest absolute Gasteiger partial charge is 0.324 e. The highest BCUT2D eigenvalue weighted by Gasteiger charge is 2.41. The van der Waals surface area contributed by atoms with E-state index >= 15 is 0 Å². The minimum absolute atomic E-state index is 0.121. The molecule has 1 aromatic rings. The number of benzene rings is 1. The number of imide groups is 1. The van der Waals surface area contributed by atoms with Crippen molar-refractivity contribution in [3.63, 3.8) is 0 Å². The summed E-state index contributed by atoms with van der Waals surface area (Å²) in [6, 6.07) is 8.39. The second-order valence-corrected chi connectivity index (χ2v) is 9.87. The zero-order valence-corrected chi connectivity index (χ0v) is 20.7. The maximum atomic E-state index is 13.3. The van der Waals surface area contributed by atoms with E-state index in [2.05, 4.69) is 47.4 Å². The van der Waals surface area contributed by atoms with Gasteiger partial charge in [-0.05, 0) is 70.8 Å². The van der Waals surface area contributed by atoms with E-state index in [4.69, 9.17) is 0 Å². The molecule has 3 rings (SSSR count). The molecule has 182 valence electrons. The summed E-state index contributed by atoms with van der Waals surface area (Å²) in [6.07, 6.45) is 4.49. The van der Waals surface area contributed by atoms with Crippen molar-refractivity contribution < 1.29 is 14.4 Å². The third kappa shape index (κ3) is 6.64. The molecule has 0 spiro atoms. The van der Waals surface area contributed by atoms with Crippen molar-refractivity contribution in [3.8, 4) is 0 Å². The molecule has 2 aliphatic rings. The van der Waals surface area contributed by atoms with Crippen LogP contribution >= 0.6 is 0 Å². The first-order chi connectivity index (χ1) is 15.8. The molecule has 1 saturated carbocycles. The van der Waals surface area contributed by atoms with Crippen molar-refractivity contribution in [2.45, 2.75) is 51.5 Å². The van der Waals surface area contributed by atoms with Gasteiger partial charge in [0.2, 0.25) is 5.91 Å². The number of nitrogens with one attached hydrogen (secondary N) is 1. The molecule has 1 aliphatic carbocycles. The molecule has 1 heterocycles. The molecule has 3 atom stereocenters. The molecule has 1 saturated heterocycles. The number of ketones is 1. The quantitative estimate of drug-likeness (QED) is 0.651. The van der Waals surface area contributed by atoms with Crippen LogP contribution in [0.1, 0.15) is 43.7 Å². The van der Waals surface area contributed by atoms with Crippen LogP contribution in [0.25, 0.3) is 0 Å². The Morgan fingerprint density at radius 1 is 1.15 bits per heavy atom. The average Bonchev–Trinajstić information content (AvgIpc) is 2.78. The normalized spacial score (nSPS) is 23.3. The van der Waals surface area contributed by atoms with Crippen molar-refractivity contribution in [2.75, 3.05) is 47.3 Å². The van der Waals surface area contributed by atoms with Crippen LogP contribution in [-0.4, -0.2) is 85.8 Å². The lowest BCUT2D eigenvalue weighted by Crippen LogP contribution is -2.55. The molecule has 1 N–H and O–H groups in total. The fraction of sp³-hybridized carbons (Fsp3) is 0.654. The Kier molecular flexibility index (Phi) is 9.03. The highest BCUT2D eigenvalue weighted by Crippen LogP contribution is 2.36. The zero-order chi connectivity index (χ0) is 24.0. The van der Waals surface area contributed by atoms with Gasteiger partial charge < -0.3 is 15.1 Å². The van der Waals surface area contributed by atoms with E-state index in [-0.39, 0.29) is 23.8 Å². The molecule has 0 unspecified atom stereocenters. The first-order valence-electron chi connectivity index (χ1n) is 12.3. The summed E-state index contributed by atoms with van der Waals surface area (Å²) in [5.74, 6) is 0.164. The second kappa shape index (κ2) is 11.7. The number of urea groups is 1. The number of fused-ring (bicyclic) bond motifs is 1. The molecule has 7 heteroatoms. The molecule has 7 nitrogen and oxygen atoms in total. The standard InChI is InChI=1S/C26H40N4O3/c1-5-30(25(32)22-16-21-17-23(31)10-11-24(21)29(4)18-22)26(33)27-14-12-19-8-6-7-9-20(19)13-15-28(2)3/h6-9,21-22,24H,5,10-18H2,1-4H3,(H,27,33)/t21-,22-,24-/m1/s1. The molecule has 1 aromatic carbocycles. The van der Waals surface area contributed by atoms with Crippen LogP contribution in [0.3, 0.4) is 0 Å². The van der Waals surface area contributed by atoms with Gasteiger partial charge in [0.05, 0.1) is 5.92 Å². The summed E-state index contributed by atoms with van der Waals surface area (Å²) in [5, 5.41) is 2.96. The van der Waals surface area contributed by atoms with Crippen molar-refractivity contribution >= 4 is 17.7 Å². The van der Waals surface area contributed by atoms with Gasteiger partial charge >= 0.3 is 6.03 Å². The van der Waals surface area contributed by atoms with Gasteiger partial charge in [0.15, 0.2) is 0 Å². The largest absolute Gasteiger partial charge is 0.337 e. The Morgan fingerprint density at radius 2 is 1.85 bits per heavy atom. The maximum Gasteiger partial charge on any atom is 0.324 e. The van der Waals surface area contributed by atoms with E-state index in [0.29, 0.717) is 50.7 Å². The van der Waals surface area contributed by atoms with Crippen LogP contribution in [-0.2, 0) is 22.4 Å². The number of carbonyl (C=O) groups is 3. The summed E-state index contributed by atoms with van der Waals surface area (Å²) in [7, 11) is 6.17. The zero-order valence-electron chi connectivity index (χ0n) is 20.7. The van der Waals surface area contributed by atoms with Gasteiger partial charge in [-0.25, -0.2) is 4.79 Å². The fourth-order valence-electron chi connectivity index (χ4n) is 5.41. The van der Waals surface area contributed by atoms with Gasteiger partial charge in [0, 0.05) is 45.1 Å². The third-order valence-electron chi connectivity index (χ3n) is 7.21. The lowest BCUT2D eigenvalue weighted by molar-refractivity contribution is -0.138. The van der Waals surface area contributed by atoms with Crippen molar-refractivity contribution in [1.29, 1.82) is 0 Å². The topological polar surface area (TPSA) is 73.0 Å². The minimum atomic E-state index is -0.322. The number of rotatable bonds is 8. The molecule has 3 amide bonds. The Labute approximate surface area is 198 Å². The highest BCUT2D eigenvalue weighted by molar-refractivity contribution is 5.95. The Balaban J connectivity index is 1.55. The summed E-state index contributed by atoms with van der Waals surface area (Å²) in [5.41, 5.74) is 2.53. The molecular weight excluding hydrogens is 416 g/mol. The second-order valence-electron chi connectivity index (χ2n) is 9.87. The highest BCUT2D eigenvalue weighted by atomic mass is 16.2. The van der Waals surface area contributed by atoms with Crippen LogP contribution in [0.2, 0.25) is 0 Å². The van der Waals surface area contributed by atoms with Crippen LogP contribution in [0.4, 0.5) is 4.79 Å². The number of likely N-dealkylation sites (tertiary alicyclic amines) is 1. The molecule has 0 radical (unpaired) electrons. The maximum absolute atomic E-state index is 13.3. The van der Waals surface area contributed by atoms with Crippen molar-refractivity contribution in [2.24, 2.45) is 11.8 Å². The number of amides is 3. The monoisotopic (exact) mass is 456 g/mol. The third-order valence-corrected chi connectivity index (χ3v) is 7.21. The number of hydrogen-bond donors (Lipinski definition) is 1. The van der Waals surface area contributed by atoms with E-state index in [0.717, 1.165) is 25.8 Å². The number of piperidine rings is 1. The lowest BCUT2D eigenvalue weighted by atomic mass is 9.74. The van der Waals surface area contributed by atoms with E-state index in [9.17, 15) is 14.4 Å². The Morgan fingerprint density at radius 3 is 2.52 bits per heavy atom. The van der Waals surface area contributed by atoms with Gasteiger partial charge in [-0.1, -0.05) is 24.3 Å². The molecule has 2 fully saturated rings. The van der Waals surface area contributed by atoms with Crippen LogP contribution < -0.4 is 5.32 Å². The number of likely N-dealkylation sites (N-methyl/N-ethyl adjacent to an activating group) is 1.